The largest absolute Gasteiger partial charge is 0.489 e. The van der Waals surface area contributed by atoms with Gasteiger partial charge in [-0.2, -0.15) is 8.42 Å². The Labute approximate surface area is 499 Å². The molecule has 0 aromatic heterocycles. The van der Waals surface area contributed by atoms with Crippen LogP contribution in [-0.2, 0) is 35.7 Å². The van der Waals surface area contributed by atoms with E-state index in [1.165, 1.54) is 35.2 Å². The molecule has 450 valence electrons. The van der Waals surface area contributed by atoms with Crippen LogP contribution in [0.2, 0.25) is 0 Å². The van der Waals surface area contributed by atoms with Crippen LogP contribution in [0.25, 0.3) is 18.2 Å². The van der Waals surface area contributed by atoms with Gasteiger partial charge in [-0.1, -0.05) is 254 Å². The maximum absolute atomic E-state index is 12.2. The predicted molar refractivity (Wildman–Crippen MR) is 352 cm³/mol. The van der Waals surface area contributed by atoms with Crippen molar-refractivity contribution in [1.29, 1.82) is 0 Å². The van der Waals surface area contributed by atoms with Crippen LogP contribution in [0.3, 0.4) is 0 Å². The van der Waals surface area contributed by atoms with Crippen molar-refractivity contribution in [1.82, 2.24) is 0 Å². The van der Waals surface area contributed by atoms with Gasteiger partial charge in [-0.15, -0.1) is 6.58 Å². The van der Waals surface area contributed by atoms with E-state index < -0.39 is 10.1 Å². The van der Waals surface area contributed by atoms with Crippen LogP contribution < -0.4 is 8.92 Å². The van der Waals surface area contributed by atoms with E-state index in [0.29, 0.717) is 36.6 Å². The maximum atomic E-state index is 12.2. The molecule has 0 amide bonds. The van der Waals surface area contributed by atoms with Crippen molar-refractivity contribution >= 4 is 28.3 Å². The van der Waals surface area contributed by atoms with Crippen molar-refractivity contribution in [2.24, 2.45) is 0 Å². The van der Waals surface area contributed by atoms with Crippen LogP contribution in [0, 0.1) is 0 Å². The molecule has 0 spiro atoms. The first-order chi connectivity index (χ1) is 39.6. The summed E-state index contributed by atoms with van der Waals surface area (Å²) in [5.74, 6) is 1.67. The normalized spacial score (nSPS) is 17.6. The number of hydrogen-bond donors (Lipinski definition) is 0. The van der Waals surface area contributed by atoms with Crippen LogP contribution >= 0.6 is 0 Å². The molecule has 2 saturated heterocycles. The van der Waals surface area contributed by atoms with Crippen LogP contribution in [0.15, 0.2) is 201 Å². The van der Waals surface area contributed by atoms with Gasteiger partial charge in [0.05, 0.1) is 24.4 Å². The third-order valence-corrected chi connectivity index (χ3v) is 13.2. The van der Waals surface area contributed by atoms with Crippen LogP contribution in [-0.4, -0.2) is 39.1 Å². The number of hydrogen-bond acceptors (Lipinski definition) is 8. The van der Waals surface area contributed by atoms with Crippen molar-refractivity contribution in [3.8, 4) is 11.5 Å². The smallest absolute Gasteiger partial charge is 0.339 e. The zero-order valence-electron chi connectivity index (χ0n) is 52.6. The number of benzene rings is 6. The summed E-state index contributed by atoms with van der Waals surface area (Å²) in [5.41, 5.74) is 6.59. The first kappa shape index (κ1) is 75.7. The lowest BCUT2D eigenvalue weighted by molar-refractivity contribution is -0.243. The predicted octanol–water partition coefficient (Wildman–Crippen LogP) is 21.1. The van der Waals surface area contributed by atoms with Gasteiger partial charge in [0.1, 0.15) is 23.0 Å². The van der Waals surface area contributed by atoms with Gasteiger partial charge in [-0.05, 0) is 129 Å². The molecule has 8 nitrogen and oxygen atoms in total. The summed E-state index contributed by atoms with van der Waals surface area (Å²) in [5, 5.41) is 0. The zero-order valence-corrected chi connectivity index (χ0v) is 53.4. The average molecular weight is 1140 g/mol. The summed E-state index contributed by atoms with van der Waals surface area (Å²) < 4.78 is 58.2. The van der Waals surface area contributed by atoms with Crippen molar-refractivity contribution < 1.29 is 36.3 Å². The first-order valence-corrected chi connectivity index (χ1v) is 31.1. The Morgan fingerprint density at radius 1 is 0.537 bits per heavy atom. The minimum atomic E-state index is -3.81. The second kappa shape index (κ2) is 47.2. The van der Waals surface area contributed by atoms with Gasteiger partial charge in [0.15, 0.2) is 12.6 Å². The molecule has 6 aromatic rings. The molecule has 0 radical (unpaired) electrons. The fourth-order valence-corrected chi connectivity index (χ4v) is 8.36. The van der Waals surface area contributed by atoms with Gasteiger partial charge < -0.3 is 27.9 Å². The Morgan fingerprint density at radius 2 is 0.963 bits per heavy atom. The van der Waals surface area contributed by atoms with Gasteiger partial charge >= 0.3 is 10.1 Å². The molecule has 2 aliphatic rings. The number of ether oxygens (including phenoxy) is 5. The van der Waals surface area contributed by atoms with E-state index in [2.05, 4.69) is 101 Å². The van der Waals surface area contributed by atoms with E-state index in [4.69, 9.17) is 27.9 Å². The highest BCUT2D eigenvalue weighted by molar-refractivity contribution is 7.87. The summed E-state index contributed by atoms with van der Waals surface area (Å²) in [6.07, 6.45) is 15.7. The minimum absolute atomic E-state index is 0.0451. The molecule has 9 heteroatoms. The molecule has 0 bridgehead atoms. The van der Waals surface area contributed by atoms with E-state index in [1.807, 2.05) is 162 Å². The van der Waals surface area contributed by atoms with Gasteiger partial charge in [0.25, 0.3) is 0 Å². The third-order valence-electron chi connectivity index (χ3n) is 12.0. The van der Waals surface area contributed by atoms with E-state index in [-0.39, 0.29) is 23.6 Å². The molecular weight excluding hydrogens is 1040 g/mol. The molecular formula is C73H104O8S. The lowest BCUT2D eigenvalue weighted by atomic mass is 9.99. The molecule has 2 heterocycles. The fourth-order valence-electron chi connectivity index (χ4n) is 7.43. The highest BCUT2D eigenvalue weighted by Crippen LogP contribution is 2.31. The van der Waals surface area contributed by atoms with Crippen LogP contribution in [0.5, 0.6) is 11.5 Å². The molecule has 82 heavy (non-hydrogen) atoms. The first-order valence-electron chi connectivity index (χ1n) is 29.7. The minimum Gasteiger partial charge on any atom is -0.489 e. The topological polar surface area (TPSA) is 89.5 Å². The number of rotatable bonds is 15. The van der Waals surface area contributed by atoms with Crippen molar-refractivity contribution in [3.63, 3.8) is 0 Å². The fraction of sp³-hybridized carbons (Fsp3) is 0.397. The van der Waals surface area contributed by atoms with Crippen LogP contribution in [0.1, 0.15) is 187 Å². The van der Waals surface area contributed by atoms with E-state index in [1.54, 1.807) is 36.4 Å². The molecule has 0 aliphatic carbocycles. The molecule has 7 atom stereocenters. The van der Waals surface area contributed by atoms with E-state index in [9.17, 15) is 8.42 Å². The van der Waals surface area contributed by atoms with Gasteiger partial charge in [-0.3, -0.25) is 0 Å². The second-order valence-electron chi connectivity index (χ2n) is 18.7. The average Bonchev–Trinajstić information content (AvgIpc) is 3.55. The molecule has 2 aliphatic heterocycles. The molecule has 2 fully saturated rings. The van der Waals surface area contributed by atoms with Gasteiger partial charge in [-0.25, -0.2) is 0 Å². The second-order valence-corrected chi connectivity index (χ2v) is 20.3. The summed E-state index contributed by atoms with van der Waals surface area (Å²) in [7, 11) is -3.81. The maximum Gasteiger partial charge on any atom is 0.339 e. The van der Waals surface area contributed by atoms with Crippen molar-refractivity contribution in [3.05, 3.63) is 230 Å². The quantitative estimate of drug-likeness (QED) is 0.0742. The zero-order chi connectivity index (χ0) is 61.6. The Morgan fingerprint density at radius 3 is 1.40 bits per heavy atom. The van der Waals surface area contributed by atoms with Crippen molar-refractivity contribution in [2.45, 2.75) is 196 Å². The van der Waals surface area contributed by atoms with Crippen molar-refractivity contribution in [2.75, 3.05) is 0 Å². The lowest BCUT2D eigenvalue weighted by Crippen LogP contribution is -2.36. The van der Waals surface area contributed by atoms with Crippen LogP contribution in [0.4, 0.5) is 0 Å². The summed E-state index contributed by atoms with van der Waals surface area (Å²) >= 11 is 0. The number of allylic oxidation sites excluding steroid dienone is 1. The van der Waals surface area contributed by atoms with E-state index in [0.717, 1.165) is 61.0 Å². The SMILES string of the molecule is C=CC.C=Cc1ccc(C2OC(C)CC(CC)O2)cc1.C=Cc1ccc(S(=O)(=O)Oc2ccc(C(C)CC)cc2)cc1.C=Cc1ccccc1.CC.CC.CCC.CCC1CC(C)OC(CC)O1.c1ccc(COc2ccccc2)cc1. The lowest BCUT2D eigenvalue weighted by Gasteiger charge is -2.34. The molecule has 6 aromatic carbocycles. The highest BCUT2D eigenvalue weighted by Gasteiger charge is 2.28. The third kappa shape index (κ3) is 32.3. The Balaban J connectivity index is 0.000000988. The Bertz CT molecular complexity index is 2530. The Kier molecular flexibility index (Phi) is 43.5. The monoisotopic (exact) mass is 1140 g/mol. The van der Waals surface area contributed by atoms with E-state index >= 15 is 0 Å². The van der Waals surface area contributed by atoms with Gasteiger partial charge in [0.2, 0.25) is 0 Å². The number of para-hydroxylation sites is 1. The highest BCUT2D eigenvalue weighted by atomic mass is 32.2. The summed E-state index contributed by atoms with van der Waals surface area (Å²) in [6, 6.07) is 51.8. The molecule has 7 unspecified atom stereocenters. The summed E-state index contributed by atoms with van der Waals surface area (Å²) in [6.45, 7) is 44.0. The molecule has 0 N–H and O–H groups in total. The Hall–Kier alpha value is -6.33. The summed E-state index contributed by atoms with van der Waals surface area (Å²) in [4.78, 5) is 0.129. The standard InChI is InChI=1S/C18H20O3S.C15H20O2.C13H12O.C9H18O2.C8H8.C3H8.C3H6.2C2H6/c1-4-14(3)16-8-10-17(11-9-16)21-22(19,20)18-12-6-15(5-2)7-13-18;1-4-12-6-8-13(9-7-12)15-16-11(3)10-14(5-2)17-15;1-3-7-12(8-4-1)11-14-13-9-5-2-6-10-13;1-4-8-6-7(3)10-9(5-2)11-8;1-2-8-6-4-3-5-7-8;2*1-3-2;2*1-2/h5-14H,2,4H2,1,3H3;4,6-9,11,14-15H,1,5,10H2,2-3H3;1-10H,11H2;7-9H,4-6H2,1-3H3;2-7H,1H2;3H2,1-2H3;3H,1H2,2H3;2*1-2H3. The molecule has 0 saturated carbocycles. The molecule has 8 rings (SSSR count). The van der Waals surface area contributed by atoms with Gasteiger partial charge in [0, 0.05) is 5.56 Å².